The third kappa shape index (κ3) is 3.84. The van der Waals surface area contributed by atoms with Crippen molar-refractivity contribution in [1.29, 1.82) is 0 Å². The summed E-state index contributed by atoms with van der Waals surface area (Å²) in [5.41, 5.74) is 0.613. The van der Waals surface area contributed by atoms with Gasteiger partial charge in [0.1, 0.15) is 5.69 Å². The van der Waals surface area contributed by atoms with E-state index in [0.717, 1.165) is 22.3 Å². The molecular formula is C13H14BrClN2OS. The van der Waals surface area contributed by atoms with Crippen LogP contribution in [0.2, 0.25) is 5.02 Å². The van der Waals surface area contributed by atoms with Crippen molar-refractivity contribution in [3.8, 4) is 0 Å². The zero-order valence-electron chi connectivity index (χ0n) is 10.5. The van der Waals surface area contributed by atoms with Gasteiger partial charge < -0.3 is 9.88 Å². The molecule has 0 aliphatic carbocycles. The van der Waals surface area contributed by atoms with Crippen LogP contribution in [0.1, 0.15) is 28.7 Å². The van der Waals surface area contributed by atoms with Crippen LogP contribution in [0.3, 0.4) is 0 Å². The smallest absolute Gasteiger partial charge is 0.268 e. The van der Waals surface area contributed by atoms with E-state index in [1.165, 1.54) is 0 Å². The molecule has 1 N–H and O–H groups in total. The number of aromatic nitrogens is 1. The van der Waals surface area contributed by atoms with Crippen molar-refractivity contribution in [2.75, 3.05) is 0 Å². The van der Waals surface area contributed by atoms with E-state index >= 15 is 0 Å². The number of thiophene rings is 1. The van der Waals surface area contributed by atoms with E-state index in [0.29, 0.717) is 17.3 Å². The molecule has 0 fully saturated rings. The number of carbonyl (C=O) groups is 1. The summed E-state index contributed by atoms with van der Waals surface area (Å²) in [4.78, 5) is 13.2. The van der Waals surface area contributed by atoms with Crippen LogP contribution >= 0.6 is 38.9 Å². The molecule has 2 rings (SSSR count). The lowest BCUT2D eigenvalue weighted by Crippen LogP contribution is -2.25. The quantitative estimate of drug-likeness (QED) is 0.846. The van der Waals surface area contributed by atoms with E-state index in [-0.39, 0.29) is 5.91 Å². The maximum absolute atomic E-state index is 12.1. The minimum atomic E-state index is -0.0927. The lowest BCUT2D eigenvalue weighted by atomic mass is 10.3. The maximum Gasteiger partial charge on any atom is 0.268 e. The SMILES string of the molecule is CCCn1cc(Cl)cc1C(=O)NCc1cc(Br)cs1. The Bertz CT molecular complexity index is 579. The van der Waals surface area contributed by atoms with Crippen LogP contribution in [-0.2, 0) is 13.1 Å². The molecule has 0 radical (unpaired) electrons. The summed E-state index contributed by atoms with van der Waals surface area (Å²) in [5, 5.41) is 5.50. The molecule has 2 aromatic heterocycles. The van der Waals surface area contributed by atoms with Gasteiger partial charge in [-0.1, -0.05) is 18.5 Å². The topological polar surface area (TPSA) is 34.0 Å². The van der Waals surface area contributed by atoms with Crippen molar-refractivity contribution in [1.82, 2.24) is 9.88 Å². The number of hydrogen-bond donors (Lipinski definition) is 1. The lowest BCUT2D eigenvalue weighted by molar-refractivity contribution is 0.0942. The van der Waals surface area contributed by atoms with Gasteiger partial charge in [-0.25, -0.2) is 0 Å². The number of carbonyl (C=O) groups excluding carboxylic acids is 1. The zero-order chi connectivity index (χ0) is 13.8. The van der Waals surface area contributed by atoms with Gasteiger partial charge in [0, 0.05) is 27.5 Å². The minimum absolute atomic E-state index is 0.0927. The van der Waals surface area contributed by atoms with Crippen molar-refractivity contribution < 1.29 is 4.79 Å². The largest absolute Gasteiger partial charge is 0.346 e. The number of nitrogens with one attached hydrogen (secondary N) is 1. The second-order valence-electron chi connectivity index (χ2n) is 4.15. The summed E-state index contributed by atoms with van der Waals surface area (Å²) in [6, 6.07) is 3.71. The fraction of sp³-hybridized carbons (Fsp3) is 0.308. The first-order chi connectivity index (χ1) is 9.10. The van der Waals surface area contributed by atoms with E-state index in [2.05, 4.69) is 28.2 Å². The molecule has 0 aliphatic heterocycles. The van der Waals surface area contributed by atoms with Gasteiger partial charge in [-0.15, -0.1) is 11.3 Å². The third-order valence-electron chi connectivity index (χ3n) is 2.61. The van der Waals surface area contributed by atoms with Gasteiger partial charge >= 0.3 is 0 Å². The third-order valence-corrected chi connectivity index (χ3v) is 4.51. The van der Waals surface area contributed by atoms with Gasteiger partial charge in [0.15, 0.2) is 0 Å². The minimum Gasteiger partial charge on any atom is -0.346 e. The van der Waals surface area contributed by atoms with Crippen molar-refractivity contribution in [2.24, 2.45) is 0 Å². The van der Waals surface area contributed by atoms with Crippen LogP contribution in [0, 0.1) is 0 Å². The first-order valence-electron chi connectivity index (χ1n) is 5.97. The Kier molecular flexibility index (Phi) is 5.07. The summed E-state index contributed by atoms with van der Waals surface area (Å²) in [7, 11) is 0. The van der Waals surface area contributed by atoms with Crippen LogP contribution in [0.25, 0.3) is 0 Å². The molecule has 1 amide bonds. The fourth-order valence-corrected chi connectivity index (χ4v) is 3.41. The van der Waals surface area contributed by atoms with Crippen molar-refractivity contribution in [3.05, 3.63) is 43.8 Å². The first kappa shape index (κ1) is 14.6. The van der Waals surface area contributed by atoms with Crippen LogP contribution in [0.15, 0.2) is 28.2 Å². The summed E-state index contributed by atoms with van der Waals surface area (Å²) >= 11 is 11.0. The Balaban J connectivity index is 2.03. The molecule has 0 atom stereocenters. The van der Waals surface area contributed by atoms with E-state index in [1.54, 1.807) is 23.6 Å². The fourth-order valence-electron chi connectivity index (χ4n) is 1.80. The van der Waals surface area contributed by atoms with Gasteiger partial charge in [0.25, 0.3) is 5.91 Å². The number of nitrogens with zero attached hydrogens (tertiary/aromatic N) is 1. The second kappa shape index (κ2) is 6.59. The molecule has 0 spiro atoms. The Morgan fingerprint density at radius 2 is 2.32 bits per heavy atom. The average molecular weight is 362 g/mol. The van der Waals surface area contributed by atoms with E-state index in [1.807, 2.05) is 16.0 Å². The molecule has 0 aliphatic rings. The Morgan fingerprint density at radius 3 is 2.95 bits per heavy atom. The summed E-state index contributed by atoms with van der Waals surface area (Å²) < 4.78 is 2.93. The van der Waals surface area contributed by atoms with Crippen molar-refractivity contribution in [3.63, 3.8) is 0 Å². The lowest BCUT2D eigenvalue weighted by Gasteiger charge is -2.07. The molecule has 0 saturated carbocycles. The summed E-state index contributed by atoms with van der Waals surface area (Å²) in [6.45, 7) is 3.39. The van der Waals surface area contributed by atoms with Gasteiger partial charge in [0.2, 0.25) is 0 Å². The van der Waals surface area contributed by atoms with Crippen molar-refractivity contribution >= 4 is 44.8 Å². The Morgan fingerprint density at radius 1 is 1.53 bits per heavy atom. The highest BCUT2D eigenvalue weighted by atomic mass is 79.9. The van der Waals surface area contributed by atoms with E-state index in [9.17, 15) is 4.79 Å². The average Bonchev–Trinajstić information content (AvgIpc) is 2.93. The molecular weight excluding hydrogens is 348 g/mol. The zero-order valence-corrected chi connectivity index (χ0v) is 13.6. The highest BCUT2D eigenvalue weighted by Gasteiger charge is 2.12. The highest BCUT2D eigenvalue weighted by molar-refractivity contribution is 9.10. The van der Waals surface area contributed by atoms with E-state index in [4.69, 9.17) is 11.6 Å². The molecule has 6 heteroatoms. The standard InChI is InChI=1S/C13H14BrClN2OS/c1-2-3-17-7-10(15)5-12(17)13(18)16-6-11-4-9(14)8-19-11/h4-5,7-8H,2-3,6H2,1H3,(H,16,18). The molecule has 2 heterocycles. The Labute approximate surface area is 129 Å². The van der Waals surface area contributed by atoms with Gasteiger partial charge in [0.05, 0.1) is 11.6 Å². The number of hydrogen-bond acceptors (Lipinski definition) is 2. The van der Waals surface area contributed by atoms with Gasteiger partial charge in [-0.3, -0.25) is 4.79 Å². The molecule has 2 aromatic rings. The number of amides is 1. The number of rotatable bonds is 5. The number of aryl methyl sites for hydroxylation is 1. The first-order valence-corrected chi connectivity index (χ1v) is 8.02. The number of halogens is 2. The maximum atomic E-state index is 12.1. The van der Waals surface area contributed by atoms with Crippen LogP contribution in [0.4, 0.5) is 0 Å². The van der Waals surface area contributed by atoms with Gasteiger partial charge in [-0.2, -0.15) is 0 Å². The molecule has 0 saturated heterocycles. The van der Waals surface area contributed by atoms with E-state index < -0.39 is 0 Å². The van der Waals surface area contributed by atoms with Crippen LogP contribution < -0.4 is 5.32 Å². The normalized spacial score (nSPS) is 10.7. The highest BCUT2D eigenvalue weighted by Crippen LogP contribution is 2.20. The summed E-state index contributed by atoms with van der Waals surface area (Å²) in [5.74, 6) is -0.0927. The molecule has 0 bridgehead atoms. The molecule has 19 heavy (non-hydrogen) atoms. The van der Waals surface area contributed by atoms with Gasteiger partial charge in [-0.05, 0) is 34.5 Å². The van der Waals surface area contributed by atoms with Crippen molar-refractivity contribution in [2.45, 2.75) is 26.4 Å². The second-order valence-corrected chi connectivity index (χ2v) is 6.50. The predicted molar refractivity (Wildman–Crippen MR) is 82.9 cm³/mol. The van der Waals surface area contributed by atoms with Crippen LogP contribution in [0.5, 0.6) is 0 Å². The van der Waals surface area contributed by atoms with Crippen LogP contribution in [-0.4, -0.2) is 10.5 Å². The summed E-state index contributed by atoms with van der Waals surface area (Å²) in [6.07, 6.45) is 2.75. The Hall–Kier alpha value is -0.780. The monoisotopic (exact) mass is 360 g/mol. The molecule has 102 valence electrons. The molecule has 3 nitrogen and oxygen atoms in total. The molecule has 0 unspecified atom stereocenters. The predicted octanol–water partition coefficient (Wildman–Crippen LogP) is 4.31. The molecule has 0 aromatic carbocycles.